The molecule has 0 unspecified atom stereocenters. The lowest BCUT2D eigenvalue weighted by Gasteiger charge is -2.34. The van der Waals surface area contributed by atoms with Crippen LogP contribution in [-0.4, -0.2) is 17.5 Å². The van der Waals surface area contributed by atoms with Crippen LogP contribution in [0.15, 0.2) is 152 Å². The first-order chi connectivity index (χ1) is 20.7. The Hall–Kier alpha value is -4.77. The lowest BCUT2D eigenvalue weighted by atomic mass is 10.00. The summed E-state index contributed by atoms with van der Waals surface area (Å²) in [6.07, 6.45) is 0. The average molecular weight is 573 g/mol. The maximum Gasteiger partial charge on any atom is 0.195 e. The number of rotatable bonds is 5. The Kier molecular flexibility index (Phi) is 5.92. The summed E-state index contributed by atoms with van der Waals surface area (Å²) in [7, 11) is -2.61. The van der Waals surface area contributed by atoms with Gasteiger partial charge in [0.2, 0.25) is 0 Å². The quantitative estimate of drug-likeness (QED) is 0.160. The van der Waals surface area contributed by atoms with Gasteiger partial charge in [0.05, 0.1) is 21.3 Å². The van der Waals surface area contributed by atoms with E-state index in [1.807, 2.05) is 0 Å². The SMILES string of the molecule is Cc1cc2nc3sc4ccccc4n3c2cc1-c1cccc([Si](c2ccccc2)(c2ccccc2)c2ccccc2)c1. The Bertz CT molecular complexity index is 2100. The van der Waals surface area contributed by atoms with Crippen molar-refractivity contribution < 1.29 is 0 Å². The number of aryl methyl sites for hydroxylation is 1. The summed E-state index contributed by atoms with van der Waals surface area (Å²) in [5.74, 6) is 0. The summed E-state index contributed by atoms with van der Waals surface area (Å²) in [5, 5.41) is 5.53. The van der Waals surface area contributed by atoms with Gasteiger partial charge in [-0.15, -0.1) is 0 Å². The highest BCUT2D eigenvalue weighted by molar-refractivity contribution is 7.23. The molecule has 0 saturated carbocycles. The molecule has 0 amide bonds. The van der Waals surface area contributed by atoms with Gasteiger partial charge in [-0.3, -0.25) is 4.40 Å². The molecule has 0 aliphatic carbocycles. The highest BCUT2D eigenvalue weighted by atomic mass is 32.1. The maximum atomic E-state index is 5.01. The smallest absolute Gasteiger partial charge is 0.195 e. The first kappa shape index (κ1) is 25.0. The number of thiazole rings is 1. The van der Waals surface area contributed by atoms with E-state index in [-0.39, 0.29) is 0 Å². The Morgan fingerprint density at radius 3 is 1.76 bits per heavy atom. The third-order valence-electron chi connectivity index (χ3n) is 8.50. The minimum absolute atomic E-state index is 1.04. The Balaban J connectivity index is 1.40. The van der Waals surface area contributed by atoms with Crippen molar-refractivity contribution in [2.24, 2.45) is 0 Å². The van der Waals surface area contributed by atoms with E-state index in [0.29, 0.717) is 0 Å². The van der Waals surface area contributed by atoms with Crippen LogP contribution >= 0.6 is 11.3 Å². The van der Waals surface area contributed by atoms with Gasteiger partial charge in [0, 0.05) is 0 Å². The number of hydrogen-bond acceptors (Lipinski definition) is 2. The van der Waals surface area contributed by atoms with Crippen LogP contribution in [-0.2, 0) is 0 Å². The summed E-state index contributed by atoms with van der Waals surface area (Å²) >= 11 is 1.75. The number of hydrogen-bond donors (Lipinski definition) is 0. The van der Waals surface area contributed by atoms with Gasteiger partial charge in [-0.1, -0.05) is 139 Å². The zero-order valence-electron chi connectivity index (χ0n) is 23.2. The van der Waals surface area contributed by atoms with Gasteiger partial charge in [0.15, 0.2) is 13.0 Å². The van der Waals surface area contributed by atoms with Crippen molar-refractivity contribution in [2.75, 3.05) is 0 Å². The molecule has 42 heavy (non-hydrogen) atoms. The molecule has 8 rings (SSSR count). The molecule has 200 valence electrons. The van der Waals surface area contributed by atoms with Crippen molar-refractivity contribution in [3.8, 4) is 11.1 Å². The predicted molar refractivity (Wildman–Crippen MR) is 182 cm³/mol. The van der Waals surface area contributed by atoms with Crippen LogP contribution in [0.25, 0.3) is 37.3 Å². The lowest BCUT2D eigenvalue weighted by Crippen LogP contribution is -2.74. The standard InChI is InChI=1S/C38H28N2SSi/c1-27-24-34-36(40-35-22-11-12-23-37(35)41-38(40)39-34)26-33(27)28-14-13-21-32(25-28)42(29-15-5-2-6-16-29,30-17-7-3-8-18-30)31-19-9-4-10-20-31/h2-26H,1H3. The lowest BCUT2D eigenvalue weighted by molar-refractivity contribution is 1.34. The van der Waals surface area contributed by atoms with Gasteiger partial charge in [-0.25, -0.2) is 4.98 Å². The second-order valence-electron chi connectivity index (χ2n) is 10.9. The van der Waals surface area contributed by atoms with Gasteiger partial charge in [-0.05, 0) is 68.6 Å². The topological polar surface area (TPSA) is 17.3 Å². The van der Waals surface area contributed by atoms with E-state index in [1.54, 1.807) is 11.3 Å². The third-order valence-corrected chi connectivity index (χ3v) is 14.3. The van der Waals surface area contributed by atoms with Crippen LogP contribution in [0.5, 0.6) is 0 Å². The first-order valence-electron chi connectivity index (χ1n) is 14.3. The molecule has 8 aromatic rings. The molecule has 0 radical (unpaired) electrons. The Morgan fingerprint density at radius 1 is 0.548 bits per heavy atom. The van der Waals surface area contributed by atoms with E-state index >= 15 is 0 Å². The number of nitrogens with zero attached hydrogens (tertiary/aromatic N) is 2. The molecular weight excluding hydrogens is 545 g/mol. The Morgan fingerprint density at radius 2 is 1.12 bits per heavy atom. The normalized spacial score (nSPS) is 11.9. The summed E-state index contributed by atoms with van der Waals surface area (Å²) < 4.78 is 3.58. The molecule has 2 nitrogen and oxygen atoms in total. The molecule has 0 saturated heterocycles. The van der Waals surface area contributed by atoms with Gasteiger partial charge in [0.25, 0.3) is 0 Å². The molecule has 4 heteroatoms. The number of para-hydroxylation sites is 1. The predicted octanol–water partition coefficient (Wildman–Crippen LogP) is 7.06. The third kappa shape index (κ3) is 3.80. The van der Waals surface area contributed by atoms with Gasteiger partial charge < -0.3 is 0 Å². The van der Waals surface area contributed by atoms with E-state index in [9.17, 15) is 0 Å². The zero-order chi connectivity index (χ0) is 28.1. The van der Waals surface area contributed by atoms with Gasteiger partial charge in [-0.2, -0.15) is 0 Å². The molecule has 0 atom stereocenters. The molecule has 2 heterocycles. The van der Waals surface area contributed by atoms with Gasteiger partial charge >= 0.3 is 0 Å². The van der Waals surface area contributed by atoms with Crippen LogP contribution in [0.1, 0.15) is 5.56 Å². The largest absolute Gasteiger partial charge is 0.283 e. The molecule has 6 aromatic carbocycles. The molecular formula is C38H28N2SSi. The molecule has 0 N–H and O–H groups in total. The zero-order valence-corrected chi connectivity index (χ0v) is 25.1. The number of imidazole rings is 1. The van der Waals surface area contributed by atoms with Crippen LogP contribution in [0, 0.1) is 6.92 Å². The fourth-order valence-corrected chi connectivity index (χ4v) is 12.5. The first-order valence-corrected chi connectivity index (χ1v) is 17.1. The summed E-state index contributed by atoms with van der Waals surface area (Å²) in [4.78, 5) is 6.05. The minimum atomic E-state index is -2.61. The fraction of sp³-hybridized carbons (Fsp3) is 0.0263. The van der Waals surface area contributed by atoms with Crippen molar-refractivity contribution >= 4 is 66.4 Å². The van der Waals surface area contributed by atoms with Crippen LogP contribution in [0.4, 0.5) is 0 Å². The van der Waals surface area contributed by atoms with Crippen LogP contribution in [0.3, 0.4) is 0 Å². The fourth-order valence-electron chi connectivity index (χ4n) is 6.63. The van der Waals surface area contributed by atoms with Crippen molar-refractivity contribution in [1.82, 2.24) is 9.38 Å². The maximum absolute atomic E-state index is 5.01. The number of fused-ring (bicyclic) bond motifs is 5. The van der Waals surface area contributed by atoms with Crippen molar-refractivity contribution in [1.29, 1.82) is 0 Å². The van der Waals surface area contributed by atoms with E-state index in [2.05, 4.69) is 163 Å². The van der Waals surface area contributed by atoms with Gasteiger partial charge in [0.1, 0.15) is 0 Å². The van der Waals surface area contributed by atoms with Crippen LogP contribution < -0.4 is 20.7 Å². The highest BCUT2D eigenvalue weighted by Gasteiger charge is 2.41. The van der Waals surface area contributed by atoms with E-state index in [4.69, 9.17) is 4.98 Å². The molecule has 2 aromatic heterocycles. The van der Waals surface area contributed by atoms with E-state index in [0.717, 1.165) is 16.0 Å². The average Bonchev–Trinajstić information content (AvgIpc) is 3.58. The van der Waals surface area contributed by atoms with Crippen molar-refractivity contribution in [3.05, 3.63) is 157 Å². The summed E-state index contributed by atoms with van der Waals surface area (Å²) in [6, 6.07) is 55.9. The second kappa shape index (κ2) is 9.95. The molecule has 0 aliphatic heterocycles. The van der Waals surface area contributed by atoms with Crippen molar-refractivity contribution in [2.45, 2.75) is 6.92 Å². The number of benzene rings is 6. The molecule has 0 fully saturated rings. The highest BCUT2D eigenvalue weighted by Crippen LogP contribution is 2.34. The summed E-state index contributed by atoms with van der Waals surface area (Å²) in [6.45, 7) is 2.21. The minimum Gasteiger partial charge on any atom is -0.283 e. The van der Waals surface area contributed by atoms with Crippen molar-refractivity contribution in [3.63, 3.8) is 0 Å². The monoisotopic (exact) mass is 572 g/mol. The molecule has 0 bridgehead atoms. The second-order valence-corrected chi connectivity index (χ2v) is 15.7. The summed E-state index contributed by atoms with van der Waals surface area (Å²) in [5.41, 5.74) is 7.14. The molecule has 0 aliphatic rings. The number of aromatic nitrogens is 2. The Labute approximate surface area is 250 Å². The van der Waals surface area contributed by atoms with Crippen LogP contribution in [0.2, 0.25) is 0 Å². The van der Waals surface area contributed by atoms with E-state index < -0.39 is 8.07 Å². The van der Waals surface area contributed by atoms with E-state index in [1.165, 1.54) is 47.7 Å². The molecule has 0 spiro atoms.